The van der Waals surface area contributed by atoms with Gasteiger partial charge in [-0.15, -0.1) is 11.3 Å². The van der Waals surface area contributed by atoms with Gasteiger partial charge in [0.25, 0.3) is 0 Å². The number of fused-ring (bicyclic) bond motifs is 10. The Labute approximate surface area is 389 Å². The quantitative estimate of drug-likeness (QED) is 0.118. The van der Waals surface area contributed by atoms with Gasteiger partial charge in [0, 0.05) is 47.6 Å². The monoisotopic (exact) mass is 885 g/mol. The minimum Gasteiger partial charge on any atom is -0.303 e. The third-order valence-electron chi connectivity index (χ3n) is 15.4. The van der Waals surface area contributed by atoms with Gasteiger partial charge >= 0.3 is 0 Å². The molecule has 13 rings (SSSR count). The summed E-state index contributed by atoms with van der Waals surface area (Å²) in [6.45, 7) is 4.93. The molecule has 0 N–H and O–H groups in total. The molecule has 0 amide bonds. The van der Waals surface area contributed by atoms with Crippen molar-refractivity contribution in [2.45, 2.75) is 50.5 Å². The summed E-state index contributed by atoms with van der Waals surface area (Å²) in [7, 11) is -2.86. The lowest BCUT2D eigenvalue weighted by atomic mass is 9.61. The Kier molecular flexibility index (Phi) is 8.86. The first-order chi connectivity index (χ1) is 32.5. The Morgan fingerprint density at radius 2 is 1.11 bits per heavy atom. The van der Waals surface area contributed by atoms with E-state index in [2.05, 4.69) is 224 Å². The molecule has 1 fully saturated rings. The van der Waals surface area contributed by atoms with Crippen LogP contribution in [0, 0.1) is 0 Å². The summed E-state index contributed by atoms with van der Waals surface area (Å²) in [5.41, 5.74) is 5.40. The van der Waals surface area contributed by atoms with E-state index in [9.17, 15) is 0 Å². The number of thiophene rings is 1. The van der Waals surface area contributed by atoms with E-state index in [-0.39, 0.29) is 11.0 Å². The minimum absolute atomic E-state index is 0.0689. The van der Waals surface area contributed by atoms with E-state index in [0.717, 1.165) is 35.9 Å². The van der Waals surface area contributed by atoms with Gasteiger partial charge in [0.05, 0.1) is 16.6 Å². The van der Waals surface area contributed by atoms with Crippen LogP contribution < -0.4 is 25.6 Å². The van der Waals surface area contributed by atoms with Crippen molar-refractivity contribution in [1.82, 2.24) is 19.5 Å². The molecular formula is C59H47N5SSi. The number of aromatic nitrogens is 4. The zero-order chi connectivity index (χ0) is 44.0. The number of nitrogens with zero attached hydrogens (tertiary/aromatic N) is 5. The Morgan fingerprint density at radius 3 is 1.85 bits per heavy atom. The predicted molar refractivity (Wildman–Crippen MR) is 279 cm³/mol. The highest BCUT2D eigenvalue weighted by molar-refractivity contribution is 7.26. The van der Waals surface area contributed by atoms with E-state index in [1.54, 1.807) is 0 Å². The number of hydrogen-bond donors (Lipinski definition) is 0. The number of para-hydroxylation sites is 2. The van der Waals surface area contributed by atoms with Crippen LogP contribution in [0.2, 0.25) is 0 Å². The zero-order valence-corrected chi connectivity index (χ0v) is 38.8. The molecule has 1 aliphatic heterocycles. The standard InChI is InChI=1S/C59H47N5SSi/c1-58-37-18-19-38-59(58,2)64(50-33-16-14-31-48(50)58)57-61-55(40-21-20-28-44(39-40)66(41-22-6-3-7-23-41,42-24-8-4-9-25-42)43-26-10-5-11-27-43)60-56(62-57)63-49-32-15-12-30-47(49)53-51(63)36-35-46-45-29-13-17-34-52(45)65-54(46)53/h3-17,20-36,39H,18-19,37-38H2,1-2H3. The Hall–Kier alpha value is -7.19. The van der Waals surface area contributed by atoms with Gasteiger partial charge in [0.1, 0.15) is 0 Å². The van der Waals surface area contributed by atoms with E-state index in [0.29, 0.717) is 17.7 Å². The predicted octanol–water partition coefficient (Wildman–Crippen LogP) is 12.1. The van der Waals surface area contributed by atoms with Crippen LogP contribution >= 0.6 is 11.3 Å². The fourth-order valence-corrected chi connectivity index (χ4v) is 18.1. The van der Waals surface area contributed by atoms with Gasteiger partial charge < -0.3 is 4.90 Å². The van der Waals surface area contributed by atoms with Gasteiger partial charge in [0.2, 0.25) is 11.9 Å². The van der Waals surface area contributed by atoms with Crippen LogP contribution in [0.5, 0.6) is 0 Å². The Morgan fingerprint density at radius 1 is 0.500 bits per heavy atom. The molecule has 0 bridgehead atoms. The number of anilines is 2. The second-order valence-electron chi connectivity index (χ2n) is 18.6. The van der Waals surface area contributed by atoms with Crippen LogP contribution in [0.25, 0.3) is 59.3 Å². The summed E-state index contributed by atoms with van der Waals surface area (Å²) < 4.78 is 4.88. The molecule has 4 heterocycles. The van der Waals surface area contributed by atoms with Crippen molar-refractivity contribution in [2.75, 3.05) is 4.90 Å². The molecule has 2 aliphatic rings. The number of benzene rings is 8. The first-order valence-corrected chi connectivity index (χ1v) is 26.1. The highest BCUT2D eigenvalue weighted by Crippen LogP contribution is 2.60. The number of hydrogen-bond acceptors (Lipinski definition) is 5. The number of rotatable bonds is 7. The van der Waals surface area contributed by atoms with Crippen molar-refractivity contribution in [2.24, 2.45) is 0 Å². The normalized spacial score (nSPS) is 18.3. The smallest absolute Gasteiger partial charge is 0.240 e. The molecular weight excluding hydrogens is 839 g/mol. The lowest BCUT2D eigenvalue weighted by Gasteiger charge is -2.49. The van der Waals surface area contributed by atoms with E-state index in [1.807, 2.05) is 11.3 Å². The van der Waals surface area contributed by atoms with Crippen LogP contribution in [0.3, 0.4) is 0 Å². The van der Waals surface area contributed by atoms with Crippen LogP contribution in [0.15, 0.2) is 200 Å². The molecule has 5 nitrogen and oxygen atoms in total. The molecule has 1 aliphatic carbocycles. The van der Waals surface area contributed by atoms with Crippen molar-refractivity contribution in [3.8, 4) is 17.3 Å². The molecule has 66 heavy (non-hydrogen) atoms. The molecule has 0 radical (unpaired) electrons. The van der Waals surface area contributed by atoms with Gasteiger partial charge in [-0.25, -0.2) is 0 Å². The molecule has 0 saturated heterocycles. The second-order valence-corrected chi connectivity index (χ2v) is 23.5. The van der Waals surface area contributed by atoms with Crippen LogP contribution in [0.1, 0.15) is 45.1 Å². The molecule has 8 aromatic carbocycles. The summed E-state index contributed by atoms with van der Waals surface area (Å²) in [5, 5.41) is 10.2. The highest BCUT2D eigenvalue weighted by atomic mass is 32.1. The largest absolute Gasteiger partial charge is 0.303 e. The zero-order valence-electron chi connectivity index (χ0n) is 37.0. The third kappa shape index (κ3) is 5.53. The van der Waals surface area contributed by atoms with Gasteiger partial charge in [-0.2, -0.15) is 15.0 Å². The van der Waals surface area contributed by atoms with Crippen molar-refractivity contribution in [3.63, 3.8) is 0 Å². The first kappa shape index (κ1) is 39.2. The van der Waals surface area contributed by atoms with E-state index >= 15 is 0 Å². The highest BCUT2D eigenvalue weighted by Gasteiger charge is 2.58. The maximum absolute atomic E-state index is 5.67. The lowest BCUT2D eigenvalue weighted by molar-refractivity contribution is 0.193. The fourth-order valence-electron chi connectivity index (χ4n) is 12.1. The van der Waals surface area contributed by atoms with E-state index < -0.39 is 8.07 Å². The third-order valence-corrected chi connectivity index (χ3v) is 21.4. The summed E-state index contributed by atoms with van der Waals surface area (Å²) in [6, 6.07) is 73.7. The molecule has 2 unspecified atom stereocenters. The minimum atomic E-state index is -2.86. The van der Waals surface area contributed by atoms with Gasteiger partial charge in [-0.05, 0) is 70.3 Å². The molecule has 11 aromatic rings. The van der Waals surface area contributed by atoms with E-state index in [1.165, 1.54) is 69.4 Å². The molecule has 318 valence electrons. The summed E-state index contributed by atoms with van der Waals surface area (Å²) in [4.78, 5) is 19.4. The summed E-state index contributed by atoms with van der Waals surface area (Å²) in [5.74, 6) is 1.97. The molecule has 7 heteroatoms. The molecule has 0 spiro atoms. The fraction of sp³-hybridized carbons (Fsp3) is 0.136. The SMILES string of the molecule is CC12CCCCC1(C)N(c1nc(-c3cccc([Si](c4ccccc4)(c4ccccc4)c4ccccc4)c3)nc(-n3c4ccccc4c4c5sc6ccccc6c5ccc43)n1)c1ccccc12. The first-order valence-electron chi connectivity index (χ1n) is 23.2. The summed E-state index contributed by atoms with van der Waals surface area (Å²) >= 11 is 1.87. The van der Waals surface area contributed by atoms with E-state index in [4.69, 9.17) is 15.0 Å². The van der Waals surface area contributed by atoms with Gasteiger partial charge in [-0.3, -0.25) is 4.57 Å². The van der Waals surface area contributed by atoms with Crippen molar-refractivity contribution < 1.29 is 0 Å². The van der Waals surface area contributed by atoms with Gasteiger partial charge in [0.15, 0.2) is 13.9 Å². The molecule has 2 atom stereocenters. The van der Waals surface area contributed by atoms with Gasteiger partial charge in [-0.1, -0.05) is 196 Å². The average molecular weight is 886 g/mol. The summed E-state index contributed by atoms with van der Waals surface area (Å²) in [6.07, 6.45) is 4.53. The average Bonchev–Trinajstić information content (AvgIpc) is 3.99. The maximum atomic E-state index is 5.67. The van der Waals surface area contributed by atoms with Crippen LogP contribution in [-0.4, -0.2) is 33.1 Å². The Balaban J connectivity index is 1.10. The Bertz CT molecular complexity index is 3560. The topological polar surface area (TPSA) is 46.8 Å². The van der Waals surface area contributed by atoms with Crippen molar-refractivity contribution in [3.05, 3.63) is 206 Å². The molecule has 1 saturated carbocycles. The van der Waals surface area contributed by atoms with Crippen LogP contribution in [-0.2, 0) is 5.41 Å². The lowest BCUT2D eigenvalue weighted by Crippen LogP contribution is -2.74. The van der Waals surface area contributed by atoms with Crippen molar-refractivity contribution in [1.29, 1.82) is 0 Å². The second kappa shape index (κ2) is 14.9. The van der Waals surface area contributed by atoms with Crippen LogP contribution in [0.4, 0.5) is 11.6 Å². The molecule has 3 aromatic heterocycles. The maximum Gasteiger partial charge on any atom is 0.240 e. The van der Waals surface area contributed by atoms with Crippen molar-refractivity contribution >= 4 is 93.8 Å².